The predicted octanol–water partition coefficient (Wildman–Crippen LogP) is 3.14. The van der Waals surface area contributed by atoms with Crippen molar-refractivity contribution in [3.8, 4) is 5.75 Å². The van der Waals surface area contributed by atoms with Crippen molar-refractivity contribution in [1.29, 1.82) is 0 Å². The minimum absolute atomic E-state index is 0.127. The van der Waals surface area contributed by atoms with E-state index >= 15 is 0 Å². The first-order chi connectivity index (χ1) is 8.22. The number of ketones is 1. The van der Waals surface area contributed by atoms with Gasteiger partial charge in [0.05, 0.1) is 7.11 Å². The highest BCUT2D eigenvalue weighted by Gasteiger charge is 2.20. The molecule has 1 rings (SSSR count). The molecule has 0 aliphatic heterocycles. The van der Waals surface area contributed by atoms with Crippen molar-refractivity contribution in [2.45, 2.75) is 32.8 Å². The summed E-state index contributed by atoms with van der Waals surface area (Å²) in [6.07, 6.45) is 0.920. The molecule has 0 radical (unpaired) electrons. The summed E-state index contributed by atoms with van der Waals surface area (Å²) in [5.41, 5.74) is 0.865. The van der Waals surface area contributed by atoms with Gasteiger partial charge in [0.15, 0.2) is 5.78 Å². The largest absolute Gasteiger partial charge is 0.497 e. The van der Waals surface area contributed by atoms with E-state index in [0.29, 0.717) is 13.0 Å². The van der Waals surface area contributed by atoms with Gasteiger partial charge in [-0.05, 0) is 31.0 Å². The van der Waals surface area contributed by atoms with Gasteiger partial charge >= 0.3 is 0 Å². The molecule has 1 unspecified atom stereocenters. The molecule has 0 bridgehead atoms. The summed E-state index contributed by atoms with van der Waals surface area (Å²) in [7, 11) is 1.61. The van der Waals surface area contributed by atoms with Gasteiger partial charge in [0.1, 0.15) is 11.9 Å². The van der Waals surface area contributed by atoms with Crippen LogP contribution >= 0.6 is 0 Å². The first-order valence-corrected chi connectivity index (χ1v) is 6.01. The molecule has 0 spiro atoms. The molecule has 1 aromatic rings. The van der Waals surface area contributed by atoms with Crippen molar-refractivity contribution in [2.75, 3.05) is 13.7 Å². The molecule has 3 heteroatoms. The van der Waals surface area contributed by atoms with Crippen molar-refractivity contribution in [3.63, 3.8) is 0 Å². The molecule has 0 amide bonds. The number of hydrogen-bond donors (Lipinski definition) is 0. The molecule has 0 heterocycles. The zero-order chi connectivity index (χ0) is 12.7. The van der Waals surface area contributed by atoms with Gasteiger partial charge in [-0.15, -0.1) is 0 Å². The highest BCUT2D eigenvalue weighted by molar-refractivity contribution is 5.84. The van der Waals surface area contributed by atoms with E-state index in [4.69, 9.17) is 9.47 Å². The smallest absolute Gasteiger partial charge is 0.166 e. The lowest BCUT2D eigenvalue weighted by Crippen LogP contribution is -2.15. The molecule has 0 aliphatic carbocycles. The number of ether oxygens (including phenoxy) is 2. The van der Waals surface area contributed by atoms with Crippen LogP contribution in [0.4, 0.5) is 0 Å². The van der Waals surface area contributed by atoms with Gasteiger partial charge in [0.2, 0.25) is 0 Å². The van der Waals surface area contributed by atoms with E-state index in [-0.39, 0.29) is 5.78 Å². The van der Waals surface area contributed by atoms with Crippen molar-refractivity contribution in [2.24, 2.45) is 0 Å². The van der Waals surface area contributed by atoms with Crippen molar-refractivity contribution < 1.29 is 14.3 Å². The maximum Gasteiger partial charge on any atom is 0.166 e. The maximum absolute atomic E-state index is 12.0. The fourth-order valence-electron chi connectivity index (χ4n) is 1.72. The average molecular weight is 236 g/mol. The molecule has 1 atom stereocenters. The molecule has 0 fully saturated rings. The molecular weight excluding hydrogens is 216 g/mol. The van der Waals surface area contributed by atoms with Gasteiger partial charge in [0, 0.05) is 13.0 Å². The normalized spacial score (nSPS) is 12.2. The van der Waals surface area contributed by atoms with Crippen LogP contribution in [-0.4, -0.2) is 19.5 Å². The Hall–Kier alpha value is -1.35. The third-order valence-electron chi connectivity index (χ3n) is 2.52. The van der Waals surface area contributed by atoms with Crippen LogP contribution in [0.15, 0.2) is 24.3 Å². The first-order valence-electron chi connectivity index (χ1n) is 6.01. The van der Waals surface area contributed by atoms with Crippen LogP contribution in [0, 0.1) is 0 Å². The van der Waals surface area contributed by atoms with Crippen LogP contribution in [0.5, 0.6) is 5.75 Å². The summed E-state index contributed by atoms with van der Waals surface area (Å²) >= 11 is 0. The summed E-state index contributed by atoms with van der Waals surface area (Å²) in [4.78, 5) is 12.0. The molecule has 0 aliphatic rings. The Kier molecular flexibility index (Phi) is 5.70. The van der Waals surface area contributed by atoms with Gasteiger partial charge in [-0.2, -0.15) is 0 Å². The number of carbonyl (C=O) groups excluding carboxylic acids is 1. The number of carbonyl (C=O) groups is 1. The molecule has 0 aromatic heterocycles. The third-order valence-corrected chi connectivity index (χ3v) is 2.52. The SMILES string of the molecule is CCCC(=O)C(OCC)c1cccc(OC)c1. The standard InChI is InChI=1S/C14H20O3/c1-4-7-13(15)14(17-5-2)11-8-6-9-12(10-11)16-3/h6,8-10,14H,4-5,7H2,1-3H3. The summed E-state index contributed by atoms with van der Waals surface area (Å²) in [6, 6.07) is 7.49. The Morgan fingerprint density at radius 1 is 1.35 bits per heavy atom. The summed E-state index contributed by atoms with van der Waals surface area (Å²) in [5.74, 6) is 0.874. The van der Waals surface area contributed by atoms with Crippen LogP contribution in [0.3, 0.4) is 0 Å². The minimum Gasteiger partial charge on any atom is -0.497 e. The van der Waals surface area contributed by atoms with Crippen LogP contribution in [0.1, 0.15) is 38.4 Å². The van der Waals surface area contributed by atoms with Gasteiger partial charge < -0.3 is 9.47 Å². The highest BCUT2D eigenvalue weighted by Crippen LogP contribution is 2.24. The topological polar surface area (TPSA) is 35.5 Å². The van der Waals surface area contributed by atoms with E-state index in [0.717, 1.165) is 17.7 Å². The van der Waals surface area contributed by atoms with E-state index in [9.17, 15) is 4.79 Å². The van der Waals surface area contributed by atoms with E-state index < -0.39 is 6.10 Å². The van der Waals surface area contributed by atoms with E-state index in [2.05, 4.69) is 0 Å². The van der Waals surface area contributed by atoms with E-state index in [1.165, 1.54) is 0 Å². The Morgan fingerprint density at radius 2 is 2.12 bits per heavy atom. The van der Waals surface area contributed by atoms with E-state index in [1.807, 2.05) is 38.1 Å². The number of hydrogen-bond acceptors (Lipinski definition) is 3. The zero-order valence-electron chi connectivity index (χ0n) is 10.7. The molecule has 0 saturated carbocycles. The third kappa shape index (κ3) is 3.86. The molecule has 3 nitrogen and oxygen atoms in total. The Bertz CT molecular complexity index is 360. The zero-order valence-corrected chi connectivity index (χ0v) is 10.7. The summed E-state index contributed by atoms with van der Waals surface area (Å²) < 4.78 is 10.7. The Balaban J connectivity index is 2.91. The van der Waals surface area contributed by atoms with Gasteiger partial charge in [0.25, 0.3) is 0 Å². The second-order valence-corrected chi connectivity index (χ2v) is 3.83. The predicted molar refractivity (Wildman–Crippen MR) is 67.3 cm³/mol. The lowest BCUT2D eigenvalue weighted by Gasteiger charge is -2.16. The summed E-state index contributed by atoms with van der Waals surface area (Å²) in [5, 5.41) is 0. The second kappa shape index (κ2) is 7.07. The molecule has 0 saturated heterocycles. The Morgan fingerprint density at radius 3 is 2.71 bits per heavy atom. The van der Waals surface area contributed by atoms with Crippen LogP contribution in [0.25, 0.3) is 0 Å². The van der Waals surface area contributed by atoms with E-state index in [1.54, 1.807) is 7.11 Å². The number of rotatable bonds is 7. The van der Waals surface area contributed by atoms with Crippen molar-refractivity contribution in [3.05, 3.63) is 29.8 Å². The number of methoxy groups -OCH3 is 1. The quantitative estimate of drug-likeness (QED) is 0.729. The highest BCUT2D eigenvalue weighted by atomic mass is 16.5. The fourth-order valence-corrected chi connectivity index (χ4v) is 1.72. The monoisotopic (exact) mass is 236 g/mol. The maximum atomic E-state index is 12.0. The molecule has 0 N–H and O–H groups in total. The van der Waals surface area contributed by atoms with Gasteiger partial charge in [-0.3, -0.25) is 4.79 Å². The first kappa shape index (κ1) is 13.7. The van der Waals surface area contributed by atoms with Gasteiger partial charge in [-0.25, -0.2) is 0 Å². The minimum atomic E-state index is -0.463. The molecule has 1 aromatic carbocycles. The number of benzene rings is 1. The average Bonchev–Trinajstić information content (AvgIpc) is 2.36. The number of Topliss-reactive ketones (excluding diaryl/α,β-unsaturated/α-hetero) is 1. The molecule has 17 heavy (non-hydrogen) atoms. The molecular formula is C14H20O3. The lowest BCUT2D eigenvalue weighted by atomic mass is 10.0. The van der Waals surface area contributed by atoms with Crippen LogP contribution in [-0.2, 0) is 9.53 Å². The molecule has 94 valence electrons. The fraction of sp³-hybridized carbons (Fsp3) is 0.500. The summed E-state index contributed by atoms with van der Waals surface area (Å²) in [6.45, 7) is 4.41. The van der Waals surface area contributed by atoms with Crippen LogP contribution < -0.4 is 4.74 Å². The lowest BCUT2D eigenvalue weighted by molar-refractivity contribution is -0.130. The second-order valence-electron chi connectivity index (χ2n) is 3.83. The Labute approximate surface area is 103 Å². The van der Waals surface area contributed by atoms with Crippen molar-refractivity contribution in [1.82, 2.24) is 0 Å². The van der Waals surface area contributed by atoms with Gasteiger partial charge in [-0.1, -0.05) is 19.1 Å². The van der Waals surface area contributed by atoms with Crippen LogP contribution in [0.2, 0.25) is 0 Å². The van der Waals surface area contributed by atoms with Crippen molar-refractivity contribution >= 4 is 5.78 Å².